The van der Waals surface area contributed by atoms with Crippen LogP contribution in [-0.4, -0.2) is 6.54 Å². The molecule has 0 spiro atoms. The van der Waals surface area contributed by atoms with E-state index >= 15 is 0 Å². The Hall–Kier alpha value is -0.340. The van der Waals surface area contributed by atoms with E-state index in [2.05, 4.69) is 45.1 Å². The summed E-state index contributed by atoms with van der Waals surface area (Å²) in [5.74, 6) is 0.791. The van der Waals surface area contributed by atoms with Crippen LogP contribution in [0.2, 0.25) is 0 Å². The fraction of sp³-hybridized carbons (Fsp3) is 0.667. The Bertz CT molecular complexity index is 265. The van der Waals surface area contributed by atoms with Crippen LogP contribution in [0.4, 0.5) is 0 Å². The SMILES string of the molecule is Cc1ccc([C@@H](C)NCCC(C)C)s1. The molecule has 0 saturated carbocycles. The van der Waals surface area contributed by atoms with E-state index in [1.165, 1.54) is 16.2 Å². The minimum Gasteiger partial charge on any atom is -0.309 e. The molecule has 0 aromatic carbocycles. The van der Waals surface area contributed by atoms with Crippen molar-refractivity contribution in [3.63, 3.8) is 0 Å². The minimum atomic E-state index is 0.507. The zero-order valence-electron chi connectivity index (χ0n) is 9.63. The molecule has 1 rings (SSSR count). The third kappa shape index (κ3) is 3.81. The predicted molar refractivity (Wildman–Crippen MR) is 64.9 cm³/mol. The second kappa shape index (κ2) is 5.52. The Morgan fingerprint density at radius 3 is 2.50 bits per heavy atom. The molecular weight excluding hydrogens is 190 g/mol. The maximum atomic E-state index is 3.55. The first-order chi connectivity index (χ1) is 6.59. The summed E-state index contributed by atoms with van der Waals surface area (Å²) < 4.78 is 0. The summed E-state index contributed by atoms with van der Waals surface area (Å²) in [5.41, 5.74) is 0. The van der Waals surface area contributed by atoms with Crippen LogP contribution in [0.25, 0.3) is 0 Å². The first-order valence-corrected chi connectivity index (χ1v) is 6.21. The summed E-state index contributed by atoms with van der Waals surface area (Å²) in [4.78, 5) is 2.85. The van der Waals surface area contributed by atoms with Gasteiger partial charge in [0, 0.05) is 15.8 Å². The van der Waals surface area contributed by atoms with Gasteiger partial charge in [-0.2, -0.15) is 0 Å². The van der Waals surface area contributed by atoms with E-state index in [0.29, 0.717) is 6.04 Å². The van der Waals surface area contributed by atoms with Crippen molar-refractivity contribution >= 4 is 11.3 Å². The van der Waals surface area contributed by atoms with Crippen LogP contribution in [0, 0.1) is 12.8 Å². The second-order valence-electron chi connectivity index (χ2n) is 4.31. The molecule has 1 atom stereocenters. The second-order valence-corrected chi connectivity index (χ2v) is 5.63. The largest absolute Gasteiger partial charge is 0.309 e. The number of rotatable bonds is 5. The van der Waals surface area contributed by atoms with E-state index in [9.17, 15) is 0 Å². The van der Waals surface area contributed by atoms with E-state index < -0.39 is 0 Å². The maximum Gasteiger partial charge on any atom is 0.0386 e. The van der Waals surface area contributed by atoms with Crippen LogP contribution in [0.5, 0.6) is 0 Å². The molecule has 0 aliphatic heterocycles. The molecule has 1 nitrogen and oxygen atoms in total. The van der Waals surface area contributed by atoms with Gasteiger partial charge in [0.15, 0.2) is 0 Å². The number of hydrogen-bond acceptors (Lipinski definition) is 2. The molecule has 0 radical (unpaired) electrons. The number of hydrogen-bond donors (Lipinski definition) is 1. The van der Waals surface area contributed by atoms with Gasteiger partial charge in [0.2, 0.25) is 0 Å². The van der Waals surface area contributed by atoms with Crippen LogP contribution in [0.1, 0.15) is 43.0 Å². The smallest absolute Gasteiger partial charge is 0.0386 e. The van der Waals surface area contributed by atoms with Crippen LogP contribution in [0.15, 0.2) is 12.1 Å². The van der Waals surface area contributed by atoms with Gasteiger partial charge >= 0.3 is 0 Å². The highest BCUT2D eigenvalue weighted by molar-refractivity contribution is 7.12. The van der Waals surface area contributed by atoms with Crippen molar-refractivity contribution in [2.75, 3.05) is 6.54 Å². The first-order valence-electron chi connectivity index (χ1n) is 5.39. The Morgan fingerprint density at radius 1 is 1.29 bits per heavy atom. The fourth-order valence-corrected chi connectivity index (χ4v) is 2.28. The summed E-state index contributed by atoms with van der Waals surface area (Å²) >= 11 is 1.89. The van der Waals surface area contributed by atoms with Crippen molar-refractivity contribution in [1.82, 2.24) is 5.32 Å². The van der Waals surface area contributed by atoms with E-state index in [0.717, 1.165) is 12.5 Å². The lowest BCUT2D eigenvalue weighted by Gasteiger charge is -2.12. The van der Waals surface area contributed by atoms with E-state index in [1.807, 2.05) is 11.3 Å². The van der Waals surface area contributed by atoms with Crippen LogP contribution in [-0.2, 0) is 0 Å². The molecule has 0 aliphatic carbocycles. The van der Waals surface area contributed by atoms with Gasteiger partial charge in [0.1, 0.15) is 0 Å². The van der Waals surface area contributed by atoms with E-state index in [-0.39, 0.29) is 0 Å². The molecule has 0 bridgehead atoms. The van der Waals surface area contributed by atoms with E-state index in [4.69, 9.17) is 0 Å². The van der Waals surface area contributed by atoms with Crippen molar-refractivity contribution in [2.24, 2.45) is 5.92 Å². The Labute approximate surface area is 91.5 Å². The molecular formula is C12H21NS. The molecule has 0 saturated heterocycles. The van der Waals surface area contributed by atoms with Crippen LogP contribution < -0.4 is 5.32 Å². The zero-order valence-corrected chi connectivity index (χ0v) is 10.4. The topological polar surface area (TPSA) is 12.0 Å². The van der Waals surface area contributed by atoms with Gasteiger partial charge in [-0.1, -0.05) is 13.8 Å². The van der Waals surface area contributed by atoms with Gasteiger partial charge in [-0.3, -0.25) is 0 Å². The number of thiophene rings is 1. The summed E-state index contributed by atoms with van der Waals surface area (Å²) in [6, 6.07) is 4.93. The molecule has 1 heterocycles. The fourth-order valence-electron chi connectivity index (χ4n) is 1.38. The lowest BCUT2D eigenvalue weighted by atomic mass is 10.1. The molecule has 1 N–H and O–H groups in total. The van der Waals surface area contributed by atoms with Crippen LogP contribution >= 0.6 is 11.3 Å². The van der Waals surface area contributed by atoms with Gasteiger partial charge in [-0.25, -0.2) is 0 Å². The Kier molecular flexibility index (Phi) is 4.63. The van der Waals surface area contributed by atoms with Gasteiger partial charge < -0.3 is 5.32 Å². The minimum absolute atomic E-state index is 0.507. The lowest BCUT2D eigenvalue weighted by molar-refractivity contribution is 0.500. The van der Waals surface area contributed by atoms with Gasteiger partial charge in [-0.15, -0.1) is 11.3 Å². The Morgan fingerprint density at radius 2 is 2.00 bits per heavy atom. The summed E-state index contributed by atoms with van der Waals surface area (Å²) in [5, 5.41) is 3.55. The average molecular weight is 211 g/mol. The van der Waals surface area contributed by atoms with E-state index in [1.54, 1.807) is 0 Å². The zero-order chi connectivity index (χ0) is 10.6. The molecule has 80 valence electrons. The molecule has 1 aromatic heterocycles. The predicted octanol–water partition coefficient (Wildman–Crippen LogP) is 3.75. The highest BCUT2D eigenvalue weighted by Gasteiger charge is 2.06. The Balaban J connectivity index is 2.32. The maximum absolute atomic E-state index is 3.55. The lowest BCUT2D eigenvalue weighted by Crippen LogP contribution is -2.20. The van der Waals surface area contributed by atoms with Crippen molar-refractivity contribution in [3.8, 4) is 0 Å². The summed E-state index contributed by atoms with van der Waals surface area (Å²) in [7, 11) is 0. The van der Waals surface area contributed by atoms with Gasteiger partial charge in [0.05, 0.1) is 0 Å². The highest BCUT2D eigenvalue weighted by Crippen LogP contribution is 2.22. The molecule has 0 fully saturated rings. The third-order valence-electron chi connectivity index (χ3n) is 2.36. The van der Waals surface area contributed by atoms with Gasteiger partial charge in [0.25, 0.3) is 0 Å². The first kappa shape index (κ1) is 11.7. The standard InChI is InChI=1S/C12H21NS/c1-9(2)7-8-13-11(4)12-6-5-10(3)14-12/h5-6,9,11,13H,7-8H2,1-4H3/t11-/m1/s1. The van der Waals surface area contributed by atoms with Crippen molar-refractivity contribution < 1.29 is 0 Å². The molecule has 0 amide bonds. The quantitative estimate of drug-likeness (QED) is 0.782. The average Bonchev–Trinajstić information content (AvgIpc) is 2.51. The van der Waals surface area contributed by atoms with Crippen molar-refractivity contribution in [3.05, 3.63) is 21.9 Å². The molecule has 1 aromatic rings. The number of nitrogens with one attached hydrogen (secondary N) is 1. The highest BCUT2D eigenvalue weighted by atomic mass is 32.1. The number of aryl methyl sites for hydroxylation is 1. The monoisotopic (exact) mass is 211 g/mol. The van der Waals surface area contributed by atoms with Crippen molar-refractivity contribution in [1.29, 1.82) is 0 Å². The molecule has 14 heavy (non-hydrogen) atoms. The molecule has 0 unspecified atom stereocenters. The van der Waals surface area contributed by atoms with Gasteiger partial charge in [-0.05, 0) is 44.9 Å². The molecule has 2 heteroatoms. The summed E-state index contributed by atoms with van der Waals surface area (Å²) in [6.45, 7) is 10.1. The third-order valence-corrected chi connectivity index (χ3v) is 3.54. The summed E-state index contributed by atoms with van der Waals surface area (Å²) in [6.07, 6.45) is 1.26. The van der Waals surface area contributed by atoms with Crippen molar-refractivity contribution in [2.45, 2.75) is 40.2 Å². The van der Waals surface area contributed by atoms with Crippen LogP contribution in [0.3, 0.4) is 0 Å². The normalized spacial score (nSPS) is 13.5. The molecule has 0 aliphatic rings.